The van der Waals surface area contributed by atoms with E-state index in [0.717, 1.165) is 0 Å². The maximum Gasteiger partial charge on any atom is 0.337 e. The number of hydrogen-bond acceptors (Lipinski definition) is 3. The van der Waals surface area contributed by atoms with Crippen LogP contribution in [0, 0.1) is 4.77 Å². The molecule has 5 N–H and O–H groups in total. The van der Waals surface area contributed by atoms with Gasteiger partial charge in [0.2, 0.25) is 0 Å². The predicted octanol–water partition coefficient (Wildman–Crippen LogP) is 2.16. The molecule has 0 radical (unpaired) electrons. The van der Waals surface area contributed by atoms with Crippen LogP contribution in [0.2, 0.25) is 5.02 Å². The lowest BCUT2D eigenvalue weighted by molar-refractivity contribution is 0.0698. The smallest absolute Gasteiger partial charge is 0.337 e. The van der Waals surface area contributed by atoms with E-state index in [4.69, 9.17) is 34.7 Å². The number of aromatic amines is 2. The molecule has 0 aliphatic heterocycles. The molecule has 1 aromatic heterocycles. The van der Waals surface area contributed by atoms with E-state index in [1.54, 1.807) is 0 Å². The van der Waals surface area contributed by atoms with E-state index in [9.17, 15) is 4.79 Å². The fraction of sp³-hybridized carbons (Fsp3) is 0. The van der Waals surface area contributed by atoms with Crippen LogP contribution < -0.4 is 5.73 Å². The van der Waals surface area contributed by atoms with Crippen molar-refractivity contribution in [3.05, 3.63) is 21.4 Å². The van der Waals surface area contributed by atoms with Gasteiger partial charge in [0.25, 0.3) is 0 Å². The Morgan fingerprint density at radius 2 is 2.20 bits per heavy atom. The van der Waals surface area contributed by atoms with Crippen molar-refractivity contribution in [2.24, 2.45) is 0 Å². The molecule has 0 unspecified atom stereocenters. The second-order valence-electron chi connectivity index (χ2n) is 2.96. The summed E-state index contributed by atoms with van der Waals surface area (Å²) < 4.78 is 0.369. The first-order valence-electron chi connectivity index (χ1n) is 3.94. The van der Waals surface area contributed by atoms with E-state index in [1.165, 1.54) is 6.07 Å². The minimum absolute atomic E-state index is 0.0296. The van der Waals surface area contributed by atoms with Gasteiger partial charge in [-0.05, 0) is 18.3 Å². The molecule has 15 heavy (non-hydrogen) atoms. The number of aromatic nitrogens is 2. The number of fused-ring (bicyclic) bond motifs is 1. The molecule has 0 aliphatic carbocycles. The molecule has 0 bridgehead atoms. The summed E-state index contributed by atoms with van der Waals surface area (Å²) in [4.78, 5) is 16.4. The minimum atomic E-state index is -1.13. The Hall–Kier alpha value is -1.53. The summed E-state index contributed by atoms with van der Waals surface area (Å²) in [6.07, 6.45) is 0. The van der Waals surface area contributed by atoms with Gasteiger partial charge in [0.05, 0.1) is 27.3 Å². The summed E-state index contributed by atoms with van der Waals surface area (Å²) in [5.74, 6) is -1.13. The number of H-pyrrole nitrogens is 2. The monoisotopic (exact) mass is 243 g/mol. The highest BCUT2D eigenvalue weighted by Gasteiger charge is 2.15. The molecule has 0 fully saturated rings. The molecule has 78 valence electrons. The molecule has 7 heteroatoms. The van der Waals surface area contributed by atoms with E-state index in [-0.39, 0.29) is 16.3 Å². The molecule has 0 amide bonds. The number of carboxylic acids is 1. The third kappa shape index (κ3) is 1.47. The second kappa shape index (κ2) is 3.25. The number of nitrogens with one attached hydrogen (secondary N) is 2. The molecule has 0 spiro atoms. The summed E-state index contributed by atoms with van der Waals surface area (Å²) in [6, 6.07) is 1.39. The van der Waals surface area contributed by atoms with Gasteiger partial charge in [-0.3, -0.25) is 0 Å². The summed E-state index contributed by atoms with van der Waals surface area (Å²) in [7, 11) is 0. The highest BCUT2D eigenvalue weighted by Crippen LogP contribution is 2.30. The first kappa shape index (κ1) is 10.0. The number of hydrogen-bond donors (Lipinski definition) is 4. The molecule has 0 saturated carbocycles. The van der Waals surface area contributed by atoms with Crippen molar-refractivity contribution in [2.75, 3.05) is 5.73 Å². The van der Waals surface area contributed by atoms with Gasteiger partial charge < -0.3 is 20.8 Å². The summed E-state index contributed by atoms with van der Waals surface area (Å²) >= 11 is 10.8. The minimum Gasteiger partial charge on any atom is -0.478 e. The van der Waals surface area contributed by atoms with E-state index < -0.39 is 5.97 Å². The maximum atomic E-state index is 10.8. The third-order valence-electron chi connectivity index (χ3n) is 2.02. The van der Waals surface area contributed by atoms with Crippen molar-refractivity contribution in [3.8, 4) is 0 Å². The lowest BCUT2D eigenvalue weighted by atomic mass is 10.1. The van der Waals surface area contributed by atoms with Gasteiger partial charge in [-0.25, -0.2) is 4.79 Å². The average Bonchev–Trinajstić information content (AvgIpc) is 2.52. The molecule has 5 nitrogen and oxygen atoms in total. The number of carboxylic acid groups (broad SMARTS) is 1. The first-order valence-corrected chi connectivity index (χ1v) is 4.72. The van der Waals surface area contributed by atoms with E-state index in [2.05, 4.69) is 9.97 Å². The standard InChI is InChI=1S/C8H6ClN3O2S/c9-4-5(10)2(7(13)14)1-3-6(4)12-8(15)11-3/h1H,10H2,(H,13,14)(H2,11,12,15). The number of rotatable bonds is 1. The van der Waals surface area contributed by atoms with Crippen LogP contribution in [0.1, 0.15) is 10.4 Å². The Labute approximate surface area is 93.9 Å². The van der Waals surface area contributed by atoms with Gasteiger partial charge in [0, 0.05) is 0 Å². The van der Waals surface area contributed by atoms with Crippen molar-refractivity contribution >= 4 is 46.5 Å². The number of aromatic carboxylic acids is 1. The topological polar surface area (TPSA) is 94.9 Å². The van der Waals surface area contributed by atoms with E-state index >= 15 is 0 Å². The fourth-order valence-corrected chi connectivity index (χ4v) is 1.79. The molecular formula is C8H6ClN3O2S. The molecule has 1 aromatic carbocycles. The van der Waals surface area contributed by atoms with Crippen molar-refractivity contribution in [2.45, 2.75) is 0 Å². The van der Waals surface area contributed by atoms with Crippen LogP contribution >= 0.6 is 23.8 Å². The Balaban J connectivity index is 2.93. The van der Waals surface area contributed by atoms with Crippen molar-refractivity contribution in [1.82, 2.24) is 9.97 Å². The van der Waals surface area contributed by atoms with Gasteiger partial charge in [-0.15, -0.1) is 0 Å². The number of benzene rings is 1. The van der Waals surface area contributed by atoms with Crippen LogP contribution in [0.15, 0.2) is 6.07 Å². The van der Waals surface area contributed by atoms with Crippen LogP contribution in [-0.2, 0) is 0 Å². The summed E-state index contributed by atoms with van der Waals surface area (Å²) in [5, 5.41) is 9.03. The van der Waals surface area contributed by atoms with Crippen LogP contribution in [0.4, 0.5) is 5.69 Å². The fourth-order valence-electron chi connectivity index (χ4n) is 1.33. The summed E-state index contributed by atoms with van der Waals surface area (Å²) in [5.41, 5.74) is 6.61. The molecule has 2 aromatic rings. The number of imidazole rings is 1. The number of halogens is 1. The maximum absolute atomic E-state index is 10.8. The van der Waals surface area contributed by atoms with E-state index in [0.29, 0.717) is 15.8 Å². The zero-order valence-corrected chi connectivity index (χ0v) is 8.87. The average molecular weight is 244 g/mol. The lowest BCUT2D eigenvalue weighted by Crippen LogP contribution is -2.03. The van der Waals surface area contributed by atoms with Crippen molar-refractivity contribution in [3.63, 3.8) is 0 Å². The normalized spacial score (nSPS) is 10.7. The second-order valence-corrected chi connectivity index (χ2v) is 3.74. The molecule has 2 rings (SSSR count). The van der Waals surface area contributed by atoms with Crippen molar-refractivity contribution < 1.29 is 9.90 Å². The van der Waals surface area contributed by atoms with Crippen LogP contribution in [0.25, 0.3) is 11.0 Å². The number of nitrogen functional groups attached to an aromatic ring is 1. The van der Waals surface area contributed by atoms with Gasteiger partial charge in [0.1, 0.15) is 0 Å². The zero-order chi connectivity index (χ0) is 11.2. The van der Waals surface area contributed by atoms with Gasteiger partial charge in [0.15, 0.2) is 4.77 Å². The Kier molecular flexibility index (Phi) is 2.17. The zero-order valence-electron chi connectivity index (χ0n) is 7.30. The Morgan fingerprint density at radius 1 is 1.53 bits per heavy atom. The van der Waals surface area contributed by atoms with Gasteiger partial charge in [-0.1, -0.05) is 11.6 Å². The highest BCUT2D eigenvalue weighted by atomic mass is 35.5. The largest absolute Gasteiger partial charge is 0.478 e. The number of carbonyl (C=O) groups is 1. The molecule has 0 saturated heterocycles. The quantitative estimate of drug-likeness (QED) is 0.456. The molecular weight excluding hydrogens is 238 g/mol. The number of anilines is 1. The van der Waals surface area contributed by atoms with Crippen LogP contribution in [0.3, 0.4) is 0 Å². The van der Waals surface area contributed by atoms with Crippen LogP contribution in [0.5, 0.6) is 0 Å². The summed E-state index contributed by atoms with van der Waals surface area (Å²) in [6.45, 7) is 0. The number of nitrogens with two attached hydrogens (primary N) is 1. The highest BCUT2D eigenvalue weighted by molar-refractivity contribution is 7.71. The molecule has 0 atom stereocenters. The van der Waals surface area contributed by atoms with Gasteiger partial charge >= 0.3 is 5.97 Å². The SMILES string of the molecule is Nc1c(C(=O)O)cc2[nH]c(=S)[nH]c2c1Cl. The predicted molar refractivity (Wildman–Crippen MR) is 59.9 cm³/mol. The van der Waals surface area contributed by atoms with Gasteiger partial charge in [-0.2, -0.15) is 0 Å². The lowest BCUT2D eigenvalue weighted by Gasteiger charge is -2.03. The van der Waals surface area contributed by atoms with Crippen molar-refractivity contribution in [1.29, 1.82) is 0 Å². The first-order chi connectivity index (χ1) is 7.00. The Bertz CT molecular complexity index is 616. The third-order valence-corrected chi connectivity index (χ3v) is 2.62. The molecule has 0 aliphatic rings. The van der Waals surface area contributed by atoms with Crippen LogP contribution in [-0.4, -0.2) is 21.0 Å². The Morgan fingerprint density at radius 3 is 2.80 bits per heavy atom. The molecule has 1 heterocycles. The van der Waals surface area contributed by atoms with E-state index in [1.807, 2.05) is 0 Å².